The Morgan fingerprint density at radius 1 is 1.00 bits per heavy atom. The number of benzene rings is 1. The number of nitrogens with zero attached hydrogens (tertiary/aromatic N) is 1. The van der Waals surface area contributed by atoms with Crippen LogP contribution < -0.4 is 10.9 Å². The van der Waals surface area contributed by atoms with E-state index in [-0.39, 0.29) is 0 Å². The van der Waals surface area contributed by atoms with E-state index in [1.807, 2.05) is 26.0 Å². The van der Waals surface area contributed by atoms with Gasteiger partial charge in [-0.15, -0.1) is 11.8 Å². The first-order valence-electron chi connectivity index (χ1n) is 8.25. The van der Waals surface area contributed by atoms with Gasteiger partial charge in [0.05, 0.1) is 23.1 Å². The minimum absolute atomic E-state index is 0.372. The van der Waals surface area contributed by atoms with Gasteiger partial charge < -0.3 is 8.94 Å². The van der Waals surface area contributed by atoms with Gasteiger partial charge in [-0.3, -0.25) is 20.4 Å². The fourth-order valence-corrected chi connectivity index (χ4v) is 3.71. The smallest absolute Gasteiger partial charge is 0.273 e. The predicted molar refractivity (Wildman–Crippen MR) is 100 cm³/mol. The van der Waals surface area contributed by atoms with E-state index < -0.39 is 11.8 Å². The maximum atomic E-state index is 12.5. The summed E-state index contributed by atoms with van der Waals surface area (Å²) < 4.78 is 10.3. The Labute approximate surface area is 160 Å². The van der Waals surface area contributed by atoms with Crippen molar-refractivity contribution in [1.82, 2.24) is 16.0 Å². The Morgan fingerprint density at radius 3 is 2.33 bits per heavy atom. The van der Waals surface area contributed by atoms with Gasteiger partial charge in [0.1, 0.15) is 11.5 Å². The highest BCUT2D eigenvalue weighted by Crippen LogP contribution is 2.28. The van der Waals surface area contributed by atoms with E-state index in [2.05, 4.69) is 16.0 Å². The molecule has 0 bridgehead atoms. The van der Waals surface area contributed by atoms with Crippen molar-refractivity contribution < 1.29 is 18.5 Å². The Balaban J connectivity index is 1.67. The van der Waals surface area contributed by atoms with Crippen LogP contribution in [0.1, 0.15) is 43.5 Å². The van der Waals surface area contributed by atoms with E-state index in [1.54, 1.807) is 25.1 Å². The second kappa shape index (κ2) is 8.13. The van der Waals surface area contributed by atoms with Crippen LogP contribution in [0.5, 0.6) is 0 Å². The monoisotopic (exact) mass is 385 g/mol. The Morgan fingerprint density at radius 2 is 1.70 bits per heavy atom. The highest BCUT2D eigenvalue weighted by Gasteiger charge is 2.16. The first kappa shape index (κ1) is 18.8. The normalized spacial score (nSPS) is 10.6. The highest BCUT2D eigenvalue weighted by atomic mass is 32.2. The van der Waals surface area contributed by atoms with Crippen LogP contribution >= 0.6 is 11.8 Å². The lowest BCUT2D eigenvalue weighted by molar-refractivity contribution is 0.0844. The molecule has 0 atom stereocenters. The van der Waals surface area contributed by atoms with Crippen LogP contribution in [0.2, 0.25) is 0 Å². The molecule has 7 nitrogen and oxygen atoms in total. The predicted octanol–water partition coefficient (Wildman–Crippen LogP) is 3.56. The molecule has 1 aromatic carbocycles. The maximum absolute atomic E-state index is 12.5. The number of aromatic nitrogens is 1. The fourth-order valence-electron chi connectivity index (χ4n) is 2.51. The molecule has 140 valence electrons. The van der Waals surface area contributed by atoms with Crippen LogP contribution in [0.15, 0.2) is 50.4 Å². The van der Waals surface area contributed by atoms with Crippen molar-refractivity contribution in [2.45, 2.75) is 31.4 Å². The van der Waals surface area contributed by atoms with Crippen LogP contribution in [-0.4, -0.2) is 17.0 Å². The molecule has 3 rings (SSSR count). The Bertz CT molecular complexity index is 958. The molecule has 0 fully saturated rings. The number of amides is 2. The summed E-state index contributed by atoms with van der Waals surface area (Å²) in [4.78, 5) is 25.4. The summed E-state index contributed by atoms with van der Waals surface area (Å²) in [6.45, 7) is 5.43. The lowest BCUT2D eigenvalue weighted by atomic mass is 10.2. The number of carbonyl (C=O) groups excluding carboxylic acids is 2. The van der Waals surface area contributed by atoms with E-state index in [9.17, 15) is 9.59 Å². The van der Waals surface area contributed by atoms with Crippen molar-refractivity contribution in [2.75, 3.05) is 0 Å². The van der Waals surface area contributed by atoms with Gasteiger partial charge in [-0.25, -0.2) is 0 Å². The molecule has 3 aromatic rings. The number of hydrogen-bond donors (Lipinski definition) is 2. The Kier molecular flexibility index (Phi) is 5.66. The van der Waals surface area contributed by atoms with Gasteiger partial charge in [0.2, 0.25) is 0 Å². The van der Waals surface area contributed by atoms with Crippen molar-refractivity contribution in [1.29, 1.82) is 0 Å². The largest absolute Gasteiger partial charge is 0.469 e. The van der Waals surface area contributed by atoms with Gasteiger partial charge >= 0.3 is 0 Å². The Hall–Kier alpha value is -3.00. The molecule has 2 N–H and O–H groups in total. The molecule has 0 radical (unpaired) electrons. The standard InChI is InChI=1S/C19H19N3O4S/c1-11-16(13(3)26-22-11)10-27-17-7-5-4-6-15(17)19(24)21-20-18(23)14-8-9-25-12(14)2/h4-9H,10H2,1-3H3,(H,20,23)(H,21,24). The summed E-state index contributed by atoms with van der Waals surface area (Å²) in [5.41, 5.74) is 7.55. The molecule has 0 spiro atoms. The number of rotatable bonds is 5. The first-order chi connectivity index (χ1) is 13.0. The zero-order valence-electron chi connectivity index (χ0n) is 15.2. The average molecular weight is 385 g/mol. The van der Waals surface area contributed by atoms with Crippen molar-refractivity contribution >= 4 is 23.6 Å². The fraction of sp³-hybridized carbons (Fsp3) is 0.211. The average Bonchev–Trinajstić information content (AvgIpc) is 3.23. The molecule has 2 amide bonds. The van der Waals surface area contributed by atoms with E-state index >= 15 is 0 Å². The molecule has 2 aromatic heterocycles. The van der Waals surface area contributed by atoms with E-state index in [0.29, 0.717) is 22.6 Å². The number of hydrazine groups is 1. The third-order valence-corrected chi connectivity index (χ3v) is 5.18. The minimum atomic E-state index is -0.435. The molecular formula is C19H19N3O4S. The lowest BCUT2D eigenvalue weighted by Gasteiger charge is -2.10. The van der Waals surface area contributed by atoms with E-state index in [4.69, 9.17) is 8.94 Å². The molecule has 8 heteroatoms. The van der Waals surface area contributed by atoms with Crippen LogP contribution in [0.25, 0.3) is 0 Å². The molecule has 0 aliphatic carbocycles. The maximum Gasteiger partial charge on any atom is 0.273 e. The quantitative estimate of drug-likeness (QED) is 0.515. The summed E-state index contributed by atoms with van der Waals surface area (Å²) in [5.74, 6) is 1.05. The van der Waals surface area contributed by atoms with Crippen molar-refractivity contribution in [3.8, 4) is 0 Å². The number of carbonyl (C=O) groups is 2. The van der Waals surface area contributed by atoms with Crippen molar-refractivity contribution in [2.24, 2.45) is 0 Å². The third-order valence-electron chi connectivity index (χ3n) is 4.08. The molecule has 0 unspecified atom stereocenters. The molecular weight excluding hydrogens is 366 g/mol. The highest BCUT2D eigenvalue weighted by molar-refractivity contribution is 7.98. The minimum Gasteiger partial charge on any atom is -0.469 e. The molecule has 0 aliphatic heterocycles. The zero-order chi connectivity index (χ0) is 19.4. The summed E-state index contributed by atoms with van der Waals surface area (Å²) in [6, 6.07) is 8.75. The van der Waals surface area contributed by atoms with Crippen LogP contribution in [0.3, 0.4) is 0 Å². The molecule has 0 aliphatic rings. The van der Waals surface area contributed by atoms with E-state index in [0.717, 1.165) is 21.9 Å². The lowest BCUT2D eigenvalue weighted by Crippen LogP contribution is -2.41. The summed E-state index contributed by atoms with van der Waals surface area (Å²) >= 11 is 1.51. The van der Waals surface area contributed by atoms with Gasteiger partial charge in [-0.1, -0.05) is 17.3 Å². The van der Waals surface area contributed by atoms with Gasteiger partial charge in [0, 0.05) is 16.2 Å². The number of hydrogen-bond acceptors (Lipinski definition) is 6. The second-order valence-electron chi connectivity index (χ2n) is 5.89. The number of thioether (sulfide) groups is 1. The number of nitrogens with one attached hydrogen (secondary N) is 2. The SMILES string of the molecule is Cc1noc(C)c1CSc1ccccc1C(=O)NNC(=O)c1ccoc1C. The summed E-state index contributed by atoms with van der Waals surface area (Å²) in [6.07, 6.45) is 1.42. The van der Waals surface area contributed by atoms with Gasteiger partial charge in [-0.2, -0.15) is 0 Å². The van der Waals surface area contributed by atoms with Gasteiger partial charge in [0.15, 0.2) is 0 Å². The zero-order valence-corrected chi connectivity index (χ0v) is 16.0. The molecule has 0 saturated heterocycles. The topological polar surface area (TPSA) is 97.4 Å². The third kappa shape index (κ3) is 4.22. The second-order valence-corrected chi connectivity index (χ2v) is 6.90. The van der Waals surface area contributed by atoms with Crippen molar-refractivity contribution in [3.63, 3.8) is 0 Å². The van der Waals surface area contributed by atoms with Gasteiger partial charge in [-0.05, 0) is 39.0 Å². The first-order valence-corrected chi connectivity index (χ1v) is 9.24. The summed E-state index contributed by atoms with van der Waals surface area (Å²) in [5, 5.41) is 3.94. The number of aryl methyl sites for hydroxylation is 3. The van der Waals surface area contributed by atoms with Crippen LogP contribution in [-0.2, 0) is 5.75 Å². The molecule has 0 saturated carbocycles. The van der Waals surface area contributed by atoms with E-state index in [1.165, 1.54) is 18.0 Å². The van der Waals surface area contributed by atoms with Crippen molar-refractivity contribution in [3.05, 3.63) is 70.5 Å². The van der Waals surface area contributed by atoms with Crippen LogP contribution in [0, 0.1) is 20.8 Å². The summed E-state index contributed by atoms with van der Waals surface area (Å²) in [7, 11) is 0. The van der Waals surface area contributed by atoms with Crippen LogP contribution in [0.4, 0.5) is 0 Å². The number of furan rings is 1. The van der Waals surface area contributed by atoms with Gasteiger partial charge in [0.25, 0.3) is 11.8 Å². The molecule has 27 heavy (non-hydrogen) atoms. The molecule has 2 heterocycles.